The van der Waals surface area contributed by atoms with Crippen LogP contribution in [0.25, 0.3) is 10.9 Å². The summed E-state index contributed by atoms with van der Waals surface area (Å²) in [7, 11) is 1.89. The van der Waals surface area contributed by atoms with Gasteiger partial charge in [-0.15, -0.1) is 11.8 Å². The normalized spacial score (nSPS) is 10.8. The van der Waals surface area contributed by atoms with Crippen LogP contribution in [-0.2, 0) is 5.75 Å². The van der Waals surface area contributed by atoms with Gasteiger partial charge in [0.15, 0.2) is 0 Å². The van der Waals surface area contributed by atoms with Crippen molar-refractivity contribution in [3.63, 3.8) is 0 Å². The van der Waals surface area contributed by atoms with Gasteiger partial charge in [0.25, 0.3) is 0 Å². The maximum atomic E-state index is 5.85. The predicted molar refractivity (Wildman–Crippen MR) is 90.1 cm³/mol. The van der Waals surface area contributed by atoms with Crippen molar-refractivity contribution in [1.29, 1.82) is 0 Å². The van der Waals surface area contributed by atoms with E-state index in [-0.39, 0.29) is 0 Å². The average Bonchev–Trinajstić information content (AvgIpc) is 2.53. The molecule has 0 spiro atoms. The fourth-order valence-electron chi connectivity index (χ4n) is 2.09. The molecule has 5 heteroatoms. The van der Waals surface area contributed by atoms with E-state index in [0.717, 1.165) is 33.1 Å². The number of nitrogens with zero attached hydrogens (tertiary/aromatic N) is 2. The maximum Gasteiger partial charge on any atom is 0.130 e. The van der Waals surface area contributed by atoms with E-state index < -0.39 is 0 Å². The van der Waals surface area contributed by atoms with Crippen molar-refractivity contribution in [2.24, 2.45) is 0 Å². The number of fused-ring (bicyclic) bond motifs is 1. The molecule has 0 unspecified atom stereocenters. The molecular formula is C16H14ClN3S. The second-order valence-corrected chi connectivity index (χ2v) is 5.97. The van der Waals surface area contributed by atoms with Crippen LogP contribution in [0.4, 0.5) is 5.82 Å². The van der Waals surface area contributed by atoms with Crippen LogP contribution >= 0.6 is 23.4 Å². The molecule has 2 heterocycles. The number of hydrogen-bond acceptors (Lipinski definition) is 4. The summed E-state index contributed by atoms with van der Waals surface area (Å²) >= 11 is 7.52. The van der Waals surface area contributed by atoms with E-state index in [0.29, 0.717) is 5.02 Å². The Balaban J connectivity index is 1.86. The smallest absolute Gasteiger partial charge is 0.130 e. The van der Waals surface area contributed by atoms with Crippen molar-refractivity contribution >= 4 is 40.1 Å². The van der Waals surface area contributed by atoms with E-state index in [1.165, 1.54) is 0 Å². The summed E-state index contributed by atoms with van der Waals surface area (Å²) in [5, 5.41) is 5.92. The van der Waals surface area contributed by atoms with Crippen LogP contribution in [0.5, 0.6) is 0 Å². The van der Waals surface area contributed by atoms with Gasteiger partial charge in [-0.3, -0.25) is 0 Å². The van der Waals surface area contributed by atoms with E-state index in [2.05, 4.69) is 27.4 Å². The molecule has 3 aromatic rings. The van der Waals surface area contributed by atoms with E-state index in [1.54, 1.807) is 18.0 Å². The number of pyridine rings is 2. The van der Waals surface area contributed by atoms with Gasteiger partial charge in [-0.1, -0.05) is 29.8 Å². The van der Waals surface area contributed by atoms with E-state index in [4.69, 9.17) is 11.6 Å². The van der Waals surface area contributed by atoms with Gasteiger partial charge in [-0.2, -0.15) is 0 Å². The van der Waals surface area contributed by atoms with Gasteiger partial charge in [-0.25, -0.2) is 9.97 Å². The number of halogens is 1. The minimum atomic E-state index is 0.655. The molecular weight excluding hydrogens is 302 g/mol. The number of anilines is 1. The van der Waals surface area contributed by atoms with Gasteiger partial charge < -0.3 is 5.32 Å². The van der Waals surface area contributed by atoms with Gasteiger partial charge in [0.05, 0.1) is 15.6 Å². The van der Waals surface area contributed by atoms with E-state index in [1.807, 2.05) is 37.4 Å². The minimum absolute atomic E-state index is 0.655. The summed E-state index contributed by atoms with van der Waals surface area (Å²) in [5.74, 6) is 1.72. The summed E-state index contributed by atoms with van der Waals surface area (Å²) in [6.45, 7) is 0. The fraction of sp³-hybridized carbons (Fsp3) is 0.125. The van der Waals surface area contributed by atoms with Gasteiger partial charge in [0, 0.05) is 29.9 Å². The van der Waals surface area contributed by atoms with Gasteiger partial charge >= 0.3 is 0 Å². The molecule has 0 aliphatic heterocycles. The molecule has 0 fully saturated rings. The Bertz CT molecular complexity index is 759. The van der Waals surface area contributed by atoms with Gasteiger partial charge in [0.2, 0.25) is 0 Å². The third-order valence-corrected chi connectivity index (χ3v) is 4.33. The molecule has 0 saturated heterocycles. The Morgan fingerprint density at radius 1 is 1.19 bits per heavy atom. The van der Waals surface area contributed by atoms with Crippen LogP contribution in [0.15, 0.2) is 53.7 Å². The Hall–Kier alpha value is -1.78. The molecule has 0 aliphatic carbocycles. The SMILES string of the molecule is CNc1nc2ccccc2cc1CSc1ccc(Cl)cn1. The monoisotopic (exact) mass is 315 g/mol. The zero-order chi connectivity index (χ0) is 14.7. The first kappa shape index (κ1) is 14.2. The Morgan fingerprint density at radius 2 is 2.05 bits per heavy atom. The first-order valence-electron chi connectivity index (χ1n) is 6.57. The number of para-hydroxylation sites is 1. The number of rotatable bonds is 4. The van der Waals surface area contributed by atoms with Crippen molar-refractivity contribution < 1.29 is 0 Å². The van der Waals surface area contributed by atoms with Crippen LogP contribution < -0.4 is 5.32 Å². The maximum absolute atomic E-state index is 5.85. The molecule has 106 valence electrons. The molecule has 0 saturated carbocycles. The molecule has 21 heavy (non-hydrogen) atoms. The summed E-state index contributed by atoms with van der Waals surface area (Å²) < 4.78 is 0. The Morgan fingerprint density at radius 3 is 2.81 bits per heavy atom. The fourth-order valence-corrected chi connectivity index (χ4v) is 3.01. The number of thioether (sulfide) groups is 1. The number of hydrogen-bond donors (Lipinski definition) is 1. The molecule has 3 nitrogen and oxygen atoms in total. The largest absolute Gasteiger partial charge is 0.373 e. The standard InChI is InChI=1S/C16H14ClN3S/c1-18-16-12(8-11-4-2-3-5-14(11)20-16)10-21-15-7-6-13(17)9-19-15/h2-9H,10H2,1H3,(H,18,20). The molecule has 0 radical (unpaired) electrons. The highest BCUT2D eigenvalue weighted by molar-refractivity contribution is 7.98. The summed E-state index contributed by atoms with van der Waals surface area (Å²) in [5.41, 5.74) is 2.16. The third kappa shape index (κ3) is 3.28. The summed E-state index contributed by atoms with van der Waals surface area (Å²) in [6, 6.07) is 14.1. The van der Waals surface area contributed by atoms with Crippen molar-refractivity contribution in [2.75, 3.05) is 12.4 Å². The van der Waals surface area contributed by atoms with Crippen LogP contribution in [0, 0.1) is 0 Å². The highest BCUT2D eigenvalue weighted by Gasteiger charge is 2.07. The highest BCUT2D eigenvalue weighted by atomic mass is 35.5. The Labute approximate surface area is 132 Å². The van der Waals surface area contributed by atoms with E-state index >= 15 is 0 Å². The molecule has 1 N–H and O–H groups in total. The first-order valence-corrected chi connectivity index (χ1v) is 7.93. The van der Waals surface area contributed by atoms with Crippen molar-refractivity contribution in [2.45, 2.75) is 10.8 Å². The molecule has 0 atom stereocenters. The lowest BCUT2D eigenvalue weighted by Crippen LogP contribution is -1.98. The molecule has 3 rings (SSSR count). The molecule has 0 amide bonds. The highest BCUT2D eigenvalue weighted by Crippen LogP contribution is 2.27. The molecule has 0 aliphatic rings. The summed E-state index contributed by atoms with van der Waals surface area (Å²) in [4.78, 5) is 8.96. The van der Waals surface area contributed by atoms with Crippen molar-refractivity contribution in [3.8, 4) is 0 Å². The predicted octanol–water partition coefficient (Wildman–Crippen LogP) is 4.62. The van der Waals surface area contributed by atoms with Crippen LogP contribution in [0.2, 0.25) is 5.02 Å². The van der Waals surface area contributed by atoms with E-state index in [9.17, 15) is 0 Å². The van der Waals surface area contributed by atoms with Crippen molar-refractivity contribution in [3.05, 3.63) is 59.2 Å². The lowest BCUT2D eigenvalue weighted by atomic mass is 10.1. The topological polar surface area (TPSA) is 37.8 Å². The quantitative estimate of drug-likeness (QED) is 0.713. The lowest BCUT2D eigenvalue weighted by Gasteiger charge is -2.09. The van der Waals surface area contributed by atoms with Crippen LogP contribution in [0.3, 0.4) is 0 Å². The number of benzene rings is 1. The third-order valence-electron chi connectivity index (χ3n) is 3.12. The van der Waals surface area contributed by atoms with Gasteiger partial charge in [-0.05, 0) is 24.3 Å². The second kappa shape index (κ2) is 6.33. The minimum Gasteiger partial charge on any atom is -0.373 e. The second-order valence-electron chi connectivity index (χ2n) is 4.54. The summed E-state index contributed by atoms with van der Waals surface area (Å²) in [6.07, 6.45) is 1.67. The van der Waals surface area contributed by atoms with Crippen molar-refractivity contribution in [1.82, 2.24) is 9.97 Å². The molecule has 0 bridgehead atoms. The zero-order valence-corrected chi connectivity index (χ0v) is 13.1. The van der Waals surface area contributed by atoms with Gasteiger partial charge in [0.1, 0.15) is 5.82 Å². The zero-order valence-electron chi connectivity index (χ0n) is 11.5. The first-order chi connectivity index (χ1) is 10.3. The number of nitrogens with one attached hydrogen (secondary N) is 1. The average molecular weight is 316 g/mol. The Kier molecular flexibility index (Phi) is 4.27. The van der Waals surface area contributed by atoms with Crippen LogP contribution in [-0.4, -0.2) is 17.0 Å². The van der Waals surface area contributed by atoms with Crippen LogP contribution in [0.1, 0.15) is 5.56 Å². The molecule has 2 aromatic heterocycles. The molecule has 1 aromatic carbocycles. The number of aromatic nitrogens is 2. The lowest BCUT2D eigenvalue weighted by molar-refractivity contribution is 1.13.